The van der Waals surface area contributed by atoms with Crippen LogP contribution in [0.5, 0.6) is 0 Å². The van der Waals surface area contributed by atoms with Crippen LogP contribution in [0.3, 0.4) is 0 Å². The van der Waals surface area contributed by atoms with Gasteiger partial charge in [0.2, 0.25) is 0 Å². The molecule has 0 amide bonds. The van der Waals surface area contributed by atoms with Gasteiger partial charge in [0.25, 0.3) is 0 Å². The number of hydrogen-bond donors (Lipinski definition) is 3. The van der Waals surface area contributed by atoms with E-state index in [0.717, 1.165) is 18.9 Å². The van der Waals surface area contributed by atoms with Gasteiger partial charge in [-0.3, -0.25) is 0 Å². The second-order valence-corrected chi connectivity index (χ2v) is 6.60. The van der Waals surface area contributed by atoms with E-state index < -0.39 is 0 Å². The van der Waals surface area contributed by atoms with Crippen LogP contribution in [-0.4, -0.2) is 48.2 Å². The summed E-state index contributed by atoms with van der Waals surface area (Å²) in [5.74, 6) is 1.09. The third kappa shape index (κ3) is 4.63. The number of rotatable bonds is 7. The zero-order valence-electron chi connectivity index (χ0n) is 13.5. The summed E-state index contributed by atoms with van der Waals surface area (Å²) in [6.45, 7) is 5.46. The normalized spacial score (nSPS) is 29.6. The van der Waals surface area contributed by atoms with Gasteiger partial charge >= 0.3 is 0 Å². The van der Waals surface area contributed by atoms with E-state index in [1.807, 2.05) is 0 Å². The van der Waals surface area contributed by atoms with Gasteiger partial charge in [0.05, 0.1) is 0 Å². The maximum atomic E-state index is 8.70. The molecular weight excluding hydrogens is 252 g/mol. The van der Waals surface area contributed by atoms with Crippen molar-refractivity contribution in [2.45, 2.75) is 64.0 Å². The number of hydrogen-bond acceptors (Lipinski definition) is 4. The van der Waals surface area contributed by atoms with E-state index in [4.69, 9.17) is 10.9 Å². The standard InChI is InChI=1S/C15H32N4O/c1-5-13(9-14(16)18-20)17-11-15(19(3)4)8-6-7-12(2)10-15/h12-13,17,20H,5-11H2,1-4H3,(H2,16,18). The summed E-state index contributed by atoms with van der Waals surface area (Å²) < 4.78 is 0. The van der Waals surface area contributed by atoms with Crippen LogP contribution < -0.4 is 11.1 Å². The summed E-state index contributed by atoms with van der Waals surface area (Å²) in [6.07, 6.45) is 6.72. The Morgan fingerprint density at radius 1 is 1.55 bits per heavy atom. The van der Waals surface area contributed by atoms with Crippen LogP contribution in [0.15, 0.2) is 5.16 Å². The van der Waals surface area contributed by atoms with Crippen molar-refractivity contribution < 1.29 is 5.21 Å². The molecule has 1 aliphatic carbocycles. The molecule has 3 atom stereocenters. The lowest BCUT2D eigenvalue weighted by molar-refractivity contribution is 0.0723. The first-order valence-electron chi connectivity index (χ1n) is 7.80. The van der Waals surface area contributed by atoms with Crippen molar-refractivity contribution in [1.29, 1.82) is 0 Å². The molecule has 5 nitrogen and oxygen atoms in total. The number of oxime groups is 1. The Kier molecular flexibility index (Phi) is 6.76. The first-order chi connectivity index (χ1) is 9.43. The molecule has 1 fully saturated rings. The van der Waals surface area contributed by atoms with Gasteiger partial charge in [-0.15, -0.1) is 0 Å². The number of amidine groups is 1. The molecule has 0 heterocycles. The molecule has 0 spiro atoms. The van der Waals surface area contributed by atoms with Gasteiger partial charge < -0.3 is 21.2 Å². The SMILES string of the molecule is CCC(CC(N)=NO)NCC1(N(C)C)CCCC(C)C1. The Balaban J connectivity index is 2.62. The second kappa shape index (κ2) is 7.84. The minimum atomic E-state index is 0.246. The highest BCUT2D eigenvalue weighted by Crippen LogP contribution is 2.35. The third-order valence-electron chi connectivity index (χ3n) is 4.81. The van der Waals surface area contributed by atoms with E-state index in [1.54, 1.807) is 0 Å². The van der Waals surface area contributed by atoms with Crippen molar-refractivity contribution in [3.05, 3.63) is 0 Å². The summed E-state index contributed by atoms with van der Waals surface area (Å²) in [6, 6.07) is 0.278. The molecule has 3 unspecified atom stereocenters. The van der Waals surface area contributed by atoms with Crippen molar-refractivity contribution in [3.8, 4) is 0 Å². The van der Waals surface area contributed by atoms with Crippen LogP contribution in [0.2, 0.25) is 0 Å². The Bertz CT molecular complexity index is 319. The number of nitrogens with one attached hydrogen (secondary N) is 1. The largest absolute Gasteiger partial charge is 0.409 e. The molecule has 1 rings (SSSR count). The maximum Gasteiger partial charge on any atom is 0.140 e. The van der Waals surface area contributed by atoms with Crippen molar-refractivity contribution in [2.75, 3.05) is 20.6 Å². The topological polar surface area (TPSA) is 73.9 Å². The quantitative estimate of drug-likeness (QED) is 0.289. The van der Waals surface area contributed by atoms with Crippen LogP contribution in [0.25, 0.3) is 0 Å². The molecule has 0 aliphatic heterocycles. The monoisotopic (exact) mass is 284 g/mol. The van der Waals surface area contributed by atoms with E-state index in [-0.39, 0.29) is 11.6 Å². The Morgan fingerprint density at radius 2 is 2.25 bits per heavy atom. The van der Waals surface area contributed by atoms with Crippen molar-refractivity contribution in [3.63, 3.8) is 0 Å². The maximum absolute atomic E-state index is 8.70. The lowest BCUT2D eigenvalue weighted by atomic mass is 9.75. The smallest absolute Gasteiger partial charge is 0.140 e. The van der Waals surface area contributed by atoms with Gasteiger partial charge in [0, 0.05) is 24.5 Å². The molecule has 0 radical (unpaired) electrons. The molecule has 0 aromatic heterocycles. The minimum absolute atomic E-state index is 0.246. The third-order valence-corrected chi connectivity index (χ3v) is 4.81. The van der Waals surface area contributed by atoms with Gasteiger partial charge in [-0.05, 0) is 39.3 Å². The molecule has 0 saturated heterocycles. The fourth-order valence-corrected chi connectivity index (χ4v) is 3.35. The highest BCUT2D eigenvalue weighted by atomic mass is 16.4. The molecule has 20 heavy (non-hydrogen) atoms. The molecule has 5 heteroatoms. The molecule has 1 saturated carbocycles. The van der Waals surface area contributed by atoms with Crippen LogP contribution in [0, 0.1) is 5.92 Å². The lowest BCUT2D eigenvalue weighted by Crippen LogP contribution is -2.55. The van der Waals surface area contributed by atoms with E-state index in [0.29, 0.717) is 12.3 Å². The highest BCUT2D eigenvalue weighted by Gasteiger charge is 2.36. The van der Waals surface area contributed by atoms with Gasteiger partial charge in [0.1, 0.15) is 5.84 Å². The fourth-order valence-electron chi connectivity index (χ4n) is 3.35. The van der Waals surface area contributed by atoms with Gasteiger partial charge in [0.15, 0.2) is 0 Å². The van der Waals surface area contributed by atoms with E-state index in [2.05, 4.69) is 43.3 Å². The molecule has 4 N–H and O–H groups in total. The van der Waals surface area contributed by atoms with Gasteiger partial charge in [-0.25, -0.2) is 0 Å². The van der Waals surface area contributed by atoms with Crippen LogP contribution in [0.1, 0.15) is 52.4 Å². The predicted octanol–water partition coefficient (Wildman–Crippen LogP) is 2.00. The molecular formula is C15H32N4O. The van der Waals surface area contributed by atoms with Crippen molar-refractivity contribution in [1.82, 2.24) is 10.2 Å². The summed E-state index contributed by atoms with van der Waals surface area (Å²) >= 11 is 0. The van der Waals surface area contributed by atoms with Crippen molar-refractivity contribution in [2.24, 2.45) is 16.8 Å². The van der Waals surface area contributed by atoms with Crippen LogP contribution >= 0.6 is 0 Å². The summed E-state index contributed by atoms with van der Waals surface area (Å²) in [7, 11) is 4.37. The zero-order chi connectivity index (χ0) is 15.2. The number of nitrogens with two attached hydrogens (primary N) is 1. The first kappa shape index (κ1) is 17.2. The average molecular weight is 284 g/mol. The summed E-state index contributed by atoms with van der Waals surface area (Å²) in [5, 5.41) is 15.4. The average Bonchev–Trinajstić information content (AvgIpc) is 2.42. The summed E-state index contributed by atoms with van der Waals surface area (Å²) in [5.41, 5.74) is 5.87. The minimum Gasteiger partial charge on any atom is -0.409 e. The van der Waals surface area contributed by atoms with Crippen molar-refractivity contribution >= 4 is 5.84 Å². The van der Waals surface area contributed by atoms with Crippen LogP contribution in [0.4, 0.5) is 0 Å². The number of nitrogens with zero attached hydrogens (tertiary/aromatic N) is 2. The molecule has 0 bridgehead atoms. The van der Waals surface area contributed by atoms with Gasteiger partial charge in [-0.2, -0.15) is 0 Å². The molecule has 118 valence electrons. The second-order valence-electron chi connectivity index (χ2n) is 6.60. The highest BCUT2D eigenvalue weighted by molar-refractivity contribution is 5.80. The first-order valence-corrected chi connectivity index (χ1v) is 7.80. The van der Waals surface area contributed by atoms with E-state index in [1.165, 1.54) is 25.7 Å². The van der Waals surface area contributed by atoms with E-state index in [9.17, 15) is 0 Å². The number of likely N-dealkylation sites (N-methyl/N-ethyl adjacent to an activating group) is 1. The van der Waals surface area contributed by atoms with Crippen LogP contribution in [-0.2, 0) is 0 Å². The van der Waals surface area contributed by atoms with E-state index >= 15 is 0 Å². The molecule has 0 aromatic rings. The predicted molar refractivity (Wildman–Crippen MR) is 84.2 cm³/mol. The lowest BCUT2D eigenvalue weighted by Gasteiger charge is -2.46. The Morgan fingerprint density at radius 3 is 2.75 bits per heavy atom. The fraction of sp³-hybridized carbons (Fsp3) is 0.933. The van der Waals surface area contributed by atoms with Gasteiger partial charge in [-0.1, -0.05) is 31.8 Å². The Labute approximate surface area is 123 Å². The Hall–Kier alpha value is -0.810. The molecule has 0 aromatic carbocycles. The molecule has 1 aliphatic rings. The zero-order valence-corrected chi connectivity index (χ0v) is 13.5. The summed E-state index contributed by atoms with van der Waals surface area (Å²) in [4.78, 5) is 2.38.